The van der Waals surface area contributed by atoms with Crippen LogP contribution in [-0.2, 0) is 15.1 Å². The molecule has 1 aromatic carbocycles. The third-order valence-electron chi connectivity index (χ3n) is 3.56. The molecule has 0 atom stereocenters. The number of methoxy groups -OCH3 is 1. The SMILES string of the molecule is CCCCOC(=O)N1CC(OC)(c2ccccc2)C1. The van der Waals surface area contributed by atoms with E-state index in [0.717, 1.165) is 18.4 Å². The largest absolute Gasteiger partial charge is 0.449 e. The smallest absolute Gasteiger partial charge is 0.409 e. The van der Waals surface area contributed by atoms with E-state index in [0.29, 0.717) is 19.7 Å². The molecule has 1 fully saturated rings. The number of likely N-dealkylation sites (tertiary alicyclic amines) is 1. The number of ether oxygens (including phenoxy) is 2. The molecule has 1 aliphatic rings. The van der Waals surface area contributed by atoms with E-state index in [9.17, 15) is 4.79 Å². The first-order chi connectivity index (χ1) is 9.22. The molecule has 1 saturated heterocycles. The Balaban J connectivity index is 1.91. The third kappa shape index (κ3) is 2.89. The average molecular weight is 263 g/mol. The summed E-state index contributed by atoms with van der Waals surface area (Å²) in [4.78, 5) is 13.5. The molecular weight excluding hydrogens is 242 g/mol. The Hall–Kier alpha value is -1.55. The second-order valence-electron chi connectivity index (χ2n) is 4.89. The molecule has 0 saturated carbocycles. The van der Waals surface area contributed by atoms with E-state index in [4.69, 9.17) is 9.47 Å². The highest BCUT2D eigenvalue weighted by molar-refractivity contribution is 5.69. The van der Waals surface area contributed by atoms with E-state index in [2.05, 4.69) is 6.92 Å². The third-order valence-corrected chi connectivity index (χ3v) is 3.56. The number of hydrogen-bond donors (Lipinski definition) is 0. The first-order valence-corrected chi connectivity index (χ1v) is 6.74. The van der Waals surface area contributed by atoms with Crippen molar-refractivity contribution in [2.75, 3.05) is 26.8 Å². The highest BCUT2D eigenvalue weighted by Crippen LogP contribution is 2.35. The van der Waals surface area contributed by atoms with Gasteiger partial charge in [0.1, 0.15) is 5.60 Å². The molecule has 1 aromatic rings. The van der Waals surface area contributed by atoms with Crippen molar-refractivity contribution < 1.29 is 14.3 Å². The van der Waals surface area contributed by atoms with E-state index in [1.807, 2.05) is 30.3 Å². The molecule has 1 aliphatic heterocycles. The summed E-state index contributed by atoms with van der Waals surface area (Å²) in [5, 5.41) is 0. The van der Waals surface area contributed by atoms with Gasteiger partial charge in [-0.2, -0.15) is 0 Å². The number of carbonyl (C=O) groups is 1. The summed E-state index contributed by atoms with van der Waals surface area (Å²) >= 11 is 0. The van der Waals surface area contributed by atoms with Gasteiger partial charge in [0.2, 0.25) is 0 Å². The van der Waals surface area contributed by atoms with Gasteiger partial charge in [-0.25, -0.2) is 4.79 Å². The molecule has 0 bridgehead atoms. The van der Waals surface area contributed by atoms with Gasteiger partial charge in [0.05, 0.1) is 19.7 Å². The highest BCUT2D eigenvalue weighted by Gasteiger charge is 2.47. The van der Waals surface area contributed by atoms with Crippen molar-refractivity contribution >= 4 is 6.09 Å². The summed E-state index contributed by atoms with van der Waals surface area (Å²) in [7, 11) is 1.69. The summed E-state index contributed by atoms with van der Waals surface area (Å²) in [6.45, 7) is 3.68. The van der Waals surface area contributed by atoms with Gasteiger partial charge in [0.15, 0.2) is 0 Å². The van der Waals surface area contributed by atoms with E-state index in [1.165, 1.54) is 0 Å². The fraction of sp³-hybridized carbons (Fsp3) is 0.533. The van der Waals surface area contributed by atoms with Crippen LogP contribution in [0.1, 0.15) is 25.3 Å². The van der Waals surface area contributed by atoms with Crippen LogP contribution >= 0.6 is 0 Å². The Morgan fingerprint density at radius 2 is 2.00 bits per heavy atom. The second kappa shape index (κ2) is 6.06. The second-order valence-corrected chi connectivity index (χ2v) is 4.89. The number of benzene rings is 1. The summed E-state index contributed by atoms with van der Waals surface area (Å²) < 4.78 is 10.8. The minimum absolute atomic E-state index is 0.239. The Morgan fingerprint density at radius 3 is 2.58 bits per heavy atom. The molecule has 0 unspecified atom stereocenters. The predicted octanol–water partition coefficient (Wildman–Crippen LogP) is 2.78. The first kappa shape index (κ1) is 13.9. The maximum absolute atomic E-state index is 11.8. The standard InChI is InChI=1S/C15H21NO3/c1-3-4-10-19-14(17)16-11-15(12-16,18-2)13-8-6-5-7-9-13/h5-9H,3-4,10-12H2,1-2H3. The number of carbonyl (C=O) groups excluding carboxylic acids is 1. The van der Waals surface area contributed by atoms with Gasteiger partial charge in [0.25, 0.3) is 0 Å². The molecule has 0 aromatic heterocycles. The lowest BCUT2D eigenvalue weighted by atomic mass is 9.86. The molecule has 19 heavy (non-hydrogen) atoms. The van der Waals surface area contributed by atoms with E-state index < -0.39 is 0 Å². The van der Waals surface area contributed by atoms with Crippen LogP contribution in [0.15, 0.2) is 30.3 Å². The van der Waals surface area contributed by atoms with Crippen LogP contribution in [0.3, 0.4) is 0 Å². The molecule has 4 heteroatoms. The van der Waals surface area contributed by atoms with Gasteiger partial charge in [-0.05, 0) is 12.0 Å². The van der Waals surface area contributed by atoms with Crippen molar-refractivity contribution in [3.8, 4) is 0 Å². The van der Waals surface area contributed by atoms with Crippen molar-refractivity contribution in [1.29, 1.82) is 0 Å². The maximum atomic E-state index is 11.8. The zero-order valence-electron chi connectivity index (χ0n) is 11.6. The predicted molar refractivity (Wildman–Crippen MR) is 73.0 cm³/mol. The van der Waals surface area contributed by atoms with Crippen molar-refractivity contribution in [2.45, 2.75) is 25.4 Å². The van der Waals surface area contributed by atoms with Gasteiger partial charge >= 0.3 is 6.09 Å². The van der Waals surface area contributed by atoms with Crippen LogP contribution in [0.5, 0.6) is 0 Å². The van der Waals surface area contributed by atoms with Crippen molar-refractivity contribution in [3.05, 3.63) is 35.9 Å². The van der Waals surface area contributed by atoms with Gasteiger partial charge in [-0.1, -0.05) is 43.7 Å². The first-order valence-electron chi connectivity index (χ1n) is 6.74. The number of nitrogens with zero attached hydrogens (tertiary/aromatic N) is 1. The number of unbranched alkanes of at least 4 members (excludes halogenated alkanes) is 1. The van der Waals surface area contributed by atoms with Crippen molar-refractivity contribution in [1.82, 2.24) is 4.90 Å². The van der Waals surface area contributed by atoms with E-state index in [1.54, 1.807) is 12.0 Å². The molecule has 104 valence electrons. The average Bonchev–Trinajstić information content (AvgIpc) is 2.40. The Kier molecular flexibility index (Phi) is 4.43. The minimum atomic E-state index is -0.370. The van der Waals surface area contributed by atoms with Crippen LogP contribution in [0.2, 0.25) is 0 Å². The van der Waals surface area contributed by atoms with Crippen LogP contribution in [0.25, 0.3) is 0 Å². The fourth-order valence-corrected chi connectivity index (χ4v) is 2.27. The molecule has 1 amide bonds. The Morgan fingerprint density at radius 1 is 1.32 bits per heavy atom. The number of hydrogen-bond acceptors (Lipinski definition) is 3. The summed E-state index contributed by atoms with van der Waals surface area (Å²) in [5.41, 5.74) is 0.737. The Bertz CT molecular complexity index is 413. The number of rotatable bonds is 5. The zero-order chi connectivity index (χ0) is 13.7. The summed E-state index contributed by atoms with van der Waals surface area (Å²) in [6, 6.07) is 10.0. The van der Waals surface area contributed by atoms with Gasteiger partial charge in [-0.3, -0.25) is 0 Å². The van der Waals surface area contributed by atoms with Crippen LogP contribution in [-0.4, -0.2) is 37.8 Å². The zero-order valence-corrected chi connectivity index (χ0v) is 11.6. The van der Waals surface area contributed by atoms with Crippen molar-refractivity contribution in [2.24, 2.45) is 0 Å². The van der Waals surface area contributed by atoms with Crippen LogP contribution in [0, 0.1) is 0 Å². The molecule has 1 heterocycles. The molecule has 0 N–H and O–H groups in total. The topological polar surface area (TPSA) is 38.8 Å². The van der Waals surface area contributed by atoms with Crippen molar-refractivity contribution in [3.63, 3.8) is 0 Å². The molecule has 4 nitrogen and oxygen atoms in total. The van der Waals surface area contributed by atoms with Crippen LogP contribution < -0.4 is 0 Å². The van der Waals surface area contributed by atoms with E-state index >= 15 is 0 Å². The molecule has 0 radical (unpaired) electrons. The monoisotopic (exact) mass is 263 g/mol. The fourth-order valence-electron chi connectivity index (χ4n) is 2.27. The molecule has 0 aliphatic carbocycles. The van der Waals surface area contributed by atoms with Gasteiger partial charge in [-0.15, -0.1) is 0 Å². The molecule has 0 spiro atoms. The van der Waals surface area contributed by atoms with Crippen LogP contribution in [0.4, 0.5) is 4.79 Å². The van der Waals surface area contributed by atoms with E-state index in [-0.39, 0.29) is 11.7 Å². The minimum Gasteiger partial charge on any atom is -0.449 e. The molecule has 2 rings (SSSR count). The quantitative estimate of drug-likeness (QED) is 0.767. The molecular formula is C15H21NO3. The summed E-state index contributed by atoms with van der Waals surface area (Å²) in [6.07, 6.45) is 1.70. The normalized spacial score (nSPS) is 16.8. The lowest BCUT2D eigenvalue weighted by Gasteiger charge is -2.48. The lowest BCUT2D eigenvalue weighted by Crippen LogP contribution is -2.62. The summed E-state index contributed by atoms with van der Waals surface area (Å²) in [5.74, 6) is 0. The lowest BCUT2D eigenvalue weighted by molar-refractivity contribution is -0.120. The number of amides is 1. The highest BCUT2D eigenvalue weighted by atomic mass is 16.6. The Labute approximate surface area is 114 Å². The van der Waals surface area contributed by atoms with Gasteiger partial charge < -0.3 is 14.4 Å². The van der Waals surface area contributed by atoms with Gasteiger partial charge in [0, 0.05) is 7.11 Å². The maximum Gasteiger partial charge on any atom is 0.409 e.